The number of H-pyrrole nitrogens is 2. The molecule has 148 valence electrons. The van der Waals surface area contributed by atoms with Crippen molar-refractivity contribution in [2.45, 2.75) is 5.92 Å². The first kappa shape index (κ1) is 18.0. The highest BCUT2D eigenvalue weighted by Gasteiger charge is 2.35. The Labute approximate surface area is 172 Å². The van der Waals surface area contributed by atoms with Gasteiger partial charge in [0.2, 0.25) is 0 Å². The van der Waals surface area contributed by atoms with Crippen LogP contribution in [0.1, 0.15) is 22.6 Å². The van der Waals surface area contributed by atoms with Crippen molar-refractivity contribution in [2.75, 3.05) is 5.32 Å². The van der Waals surface area contributed by atoms with Crippen LogP contribution in [0.5, 0.6) is 0 Å². The van der Waals surface area contributed by atoms with Gasteiger partial charge >= 0.3 is 5.63 Å². The number of nitrogens with one attached hydrogen (secondary N) is 3. The fourth-order valence-corrected chi connectivity index (χ4v) is 4.02. The molecular weight excluding hydrogens is 408 g/mol. The van der Waals surface area contributed by atoms with Gasteiger partial charge in [-0.15, -0.1) is 0 Å². The molecule has 0 spiro atoms. The van der Waals surface area contributed by atoms with E-state index in [4.69, 9.17) is 16.6 Å². The molecule has 0 fully saturated rings. The van der Waals surface area contributed by atoms with Crippen LogP contribution >= 0.6 is 12.2 Å². The minimum absolute atomic E-state index is 0.0972. The van der Waals surface area contributed by atoms with E-state index in [2.05, 4.69) is 15.3 Å². The highest BCUT2D eigenvalue weighted by Crippen LogP contribution is 2.43. The first-order valence-electron chi connectivity index (χ1n) is 8.87. The van der Waals surface area contributed by atoms with Crippen LogP contribution in [-0.2, 0) is 0 Å². The van der Waals surface area contributed by atoms with Gasteiger partial charge in [0, 0.05) is 17.5 Å². The zero-order valence-corrected chi connectivity index (χ0v) is 15.9. The molecule has 3 N–H and O–H groups in total. The minimum Gasteiger partial charge on any atom is -0.422 e. The largest absolute Gasteiger partial charge is 0.422 e. The SMILES string of the molecule is O=c1[nH]c(=S)[nH]c2c1C(c1ccc([N+](=O)[O-])cc1)c1c(c3ccccc3oc1=O)N2. The first-order chi connectivity index (χ1) is 14.4. The summed E-state index contributed by atoms with van der Waals surface area (Å²) in [7, 11) is 0. The Morgan fingerprint density at radius 2 is 1.73 bits per heavy atom. The predicted octanol–water partition coefficient (Wildman–Crippen LogP) is 3.68. The van der Waals surface area contributed by atoms with Crippen molar-refractivity contribution in [1.29, 1.82) is 0 Å². The standard InChI is InChI=1S/C20H12N4O5S/c25-18-15-13(9-5-7-10(8-6-9)24(27)28)14-16(21-17(15)22-20(30)23-18)11-3-1-2-4-12(11)29-19(14)26/h1-8,13H,(H3,21,22,23,25,30). The molecule has 4 aromatic rings. The molecule has 2 aromatic heterocycles. The first-order valence-corrected chi connectivity index (χ1v) is 9.28. The lowest BCUT2D eigenvalue weighted by molar-refractivity contribution is -0.384. The van der Waals surface area contributed by atoms with Crippen molar-refractivity contribution in [2.24, 2.45) is 0 Å². The van der Waals surface area contributed by atoms with Gasteiger partial charge < -0.3 is 14.7 Å². The van der Waals surface area contributed by atoms with Gasteiger partial charge in [-0.2, -0.15) is 0 Å². The number of nitro groups is 1. The number of aromatic nitrogens is 2. The maximum Gasteiger partial charge on any atom is 0.342 e. The van der Waals surface area contributed by atoms with Crippen LogP contribution in [0.15, 0.2) is 62.5 Å². The van der Waals surface area contributed by atoms with Gasteiger partial charge in [0.15, 0.2) is 4.77 Å². The zero-order chi connectivity index (χ0) is 21.0. The van der Waals surface area contributed by atoms with Crippen molar-refractivity contribution in [3.05, 3.63) is 101 Å². The number of non-ortho nitro benzene ring substituents is 1. The Morgan fingerprint density at radius 1 is 1.00 bits per heavy atom. The summed E-state index contributed by atoms with van der Waals surface area (Å²) in [6.45, 7) is 0. The van der Waals surface area contributed by atoms with E-state index in [9.17, 15) is 19.7 Å². The van der Waals surface area contributed by atoms with Crippen LogP contribution in [0.2, 0.25) is 0 Å². The van der Waals surface area contributed by atoms with E-state index in [0.29, 0.717) is 28.0 Å². The van der Waals surface area contributed by atoms with Crippen LogP contribution in [0.3, 0.4) is 0 Å². The van der Waals surface area contributed by atoms with Gasteiger partial charge in [-0.3, -0.25) is 19.9 Å². The maximum absolute atomic E-state index is 13.0. The van der Waals surface area contributed by atoms with Crippen molar-refractivity contribution in [1.82, 2.24) is 9.97 Å². The molecular formula is C20H12N4O5S. The Bertz CT molecular complexity index is 1520. The third kappa shape index (κ3) is 2.65. The summed E-state index contributed by atoms with van der Waals surface area (Å²) in [5, 5.41) is 14.8. The van der Waals surface area contributed by atoms with Crippen molar-refractivity contribution >= 4 is 40.4 Å². The van der Waals surface area contributed by atoms with E-state index in [1.54, 1.807) is 24.3 Å². The Morgan fingerprint density at radius 3 is 2.47 bits per heavy atom. The number of nitro benzene ring substituents is 1. The smallest absolute Gasteiger partial charge is 0.342 e. The molecule has 0 saturated heterocycles. The molecule has 0 radical (unpaired) electrons. The molecule has 1 aliphatic heterocycles. The fraction of sp³-hybridized carbons (Fsp3) is 0.0500. The third-order valence-electron chi connectivity index (χ3n) is 5.09. The molecule has 2 aromatic carbocycles. The Kier molecular flexibility index (Phi) is 3.90. The highest BCUT2D eigenvalue weighted by molar-refractivity contribution is 7.71. The number of benzene rings is 2. The number of anilines is 2. The monoisotopic (exact) mass is 420 g/mol. The van der Waals surface area contributed by atoms with Gasteiger partial charge in [-0.05, 0) is 29.9 Å². The summed E-state index contributed by atoms with van der Waals surface area (Å²) >= 11 is 5.10. The van der Waals surface area contributed by atoms with Crippen molar-refractivity contribution in [3.8, 4) is 0 Å². The number of hydrogen-bond donors (Lipinski definition) is 3. The Hall–Kier alpha value is -4.05. The van der Waals surface area contributed by atoms with E-state index in [-0.39, 0.29) is 21.6 Å². The molecule has 1 atom stereocenters. The zero-order valence-electron chi connectivity index (χ0n) is 15.1. The molecule has 0 saturated carbocycles. The van der Waals surface area contributed by atoms with Crippen molar-refractivity contribution in [3.63, 3.8) is 0 Å². The topological polar surface area (TPSA) is 134 Å². The van der Waals surface area contributed by atoms with Gasteiger partial charge in [0.05, 0.1) is 27.7 Å². The number of aromatic amines is 2. The summed E-state index contributed by atoms with van der Waals surface area (Å²) in [4.78, 5) is 41.8. The van der Waals surface area contributed by atoms with Gasteiger partial charge in [-0.25, -0.2) is 4.79 Å². The van der Waals surface area contributed by atoms with E-state index in [1.807, 2.05) is 0 Å². The van der Waals surface area contributed by atoms with Gasteiger partial charge in [-0.1, -0.05) is 24.3 Å². The number of para-hydroxylation sites is 1. The lowest BCUT2D eigenvalue weighted by atomic mass is 9.83. The summed E-state index contributed by atoms with van der Waals surface area (Å²) in [5.74, 6) is -0.455. The van der Waals surface area contributed by atoms with Crippen LogP contribution in [-0.4, -0.2) is 14.9 Å². The molecule has 0 bridgehead atoms. The van der Waals surface area contributed by atoms with Crippen LogP contribution in [0.4, 0.5) is 17.2 Å². The molecule has 1 aliphatic rings. The lowest BCUT2D eigenvalue weighted by Crippen LogP contribution is -2.29. The fourth-order valence-electron chi connectivity index (χ4n) is 3.82. The van der Waals surface area contributed by atoms with Crippen LogP contribution in [0, 0.1) is 14.9 Å². The van der Waals surface area contributed by atoms with Crippen molar-refractivity contribution < 1.29 is 9.34 Å². The number of nitrogens with zero attached hydrogens (tertiary/aromatic N) is 1. The number of hydrogen-bond acceptors (Lipinski definition) is 7. The summed E-state index contributed by atoms with van der Waals surface area (Å²) in [6, 6.07) is 12.7. The molecule has 3 heterocycles. The summed E-state index contributed by atoms with van der Waals surface area (Å²) < 4.78 is 5.63. The van der Waals surface area contributed by atoms with E-state index in [1.165, 1.54) is 24.3 Å². The Balaban J connectivity index is 1.87. The van der Waals surface area contributed by atoms with E-state index in [0.717, 1.165) is 0 Å². The average Bonchev–Trinajstić information content (AvgIpc) is 2.72. The van der Waals surface area contributed by atoms with E-state index >= 15 is 0 Å². The number of rotatable bonds is 2. The minimum atomic E-state index is -0.812. The average molecular weight is 420 g/mol. The van der Waals surface area contributed by atoms with Gasteiger partial charge in [0.1, 0.15) is 11.4 Å². The van der Waals surface area contributed by atoms with E-state index < -0.39 is 22.0 Å². The summed E-state index contributed by atoms with van der Waals surface area (Å²) in [6.07, 6.45) is 0. The van der Waals surface area contributed by atoms with Crippen LogP contribution in [0.25, 0.3) is 11.0 Å². The second kappa shape index (κ2) is 6.49. The quantitative estimate of drug-likeness (QED) is 0.172. The molecule has 0 aliphatic carbocycles. The highest BCUT2D eigenvalue weighted by atomic mass is 32.1. The summed E-state index contributed by atoms with van der Waals surface area (Å²) in [5.41, 5.74) is 0.730. The maximum atomic E-state index is 13.0. The molecule has 1 unspecified atom stereocenters. The normalized spacial score (nSPS) is 14.6. The van der Waals surface area contributed by atoms with Gasteiger partial charge in [0.25, 0.3) is 11.2 Å². The molecule has 0 amide bonds. The molecule has 10 heteroatoms. The molecule has 9 nitrogen and oxygen atoms in total. The molecule has 5 rings (SSSR count). The third-order valence-corrected chi connectivity index (χ3v) is 5.30. The predicted molar refractivity (Wildman–Crippen MR) is 112 cm³/mol. The molecule has 30 heavy (non-hydrogen) atoms. The second-order valence-electron chi connectivity index (χ2n) is 6.78. The second-order valence-corrected chi connectivity index (χ2v) is 7.19. The van der Waals surface area contributed by atoms with Crippen LogP contribution < -0.4 is 16.5 Å². The lowest BCUT2D eigenvalue weighted by Gasteiger charge is -2.28. The number of fused-ring (bicyclic) bond motifs is 4.